The SMILES string of the molecule is COCC(O)CNC(C(N)=O)C(C)C. The van der Waals surface area contributed by atoms with Crippen LogP contribution in [0.3, 0.4) is 0 Å². The molecule has 0 aromatic heterocycles. The van der Waals surface area contributed by atoms with Crippen LogP contribution in [0.2, 0.25) is 0 Å². The molecule has 0 aromatic rings. The average molecular weight is 204 g/mol. The van der Waals surface area contributed by atoms with Crippen molar-refractivity contribution < 1.29 is 14.6 Å². The molecule has 5 nitrogen and oxygen atoms in total. The number of nitrogens with one attached hydrogen (secondary N) is 1. The quantitative estimate of drug-likeness (QED) is 0.501. The molecule has 0 radical (unpaired) electrons. The fraction of sp³-hybridized carbons (Fsp3) is 0.889. The molecule has 0 aliphatic heterocycles. The Hall–Kier alpha value is -0.650. The summed E-state index contributed by atoms with van der Waals surface area (Å²) in [6.07, 6.45) is -0.611. The number of aliphatic hydroxyl groups is 1. The fourth-order valence-corrected chi connectivity index (χ4v) is 1.18. The van der Waals surface area contributed by atoms with Gasteiger partial charge in [-0.1, -0.05) is 13.8 Å². The third kappa shape index (κ3) is 5.16. The largest absolute Gasteiger partial charge is 0.389 e. The summed E-state index contributed by atoms with van der Waals surface area (Å²) < 4.78 is 4.75. The minimum Gasteiger partial charge on any atom is -0.389 e. The Bertz CT molecular complexity index is 173. The lowest BCUT2D eigenvalue weighted by atomic mass is 10.0. The highest BCUT2D eigenvalue weighted by atomic mass is 16.5. The van der Waals surface area contributed by atoms with E-state index in [2.05, 4.69) is 5.32 Å². The number of aliphatic hydroxyl groups excluding tert-OH is 1. The van der Waals surface area contributed by atoms with Gasteiger partial charge in [0.15, 0.2) is 0 Å². The van der Waals surface area contributed by atoms with Gasteiger partial charge in [0.2, 0.25) is 5.91 Å². The first-order valence-corrected chi connectivity index (χ1v) is 4.68. The van der Waals surface area contributed by atoms with E-state index in [4.69, 9.17) is 10.5 Å². The van der Waals surface area contributed by atoms with Crippen molar-refractivity contribution in [2.45, 2.75) is 26.0 Å². The monoisotopic (exact) mass is 204 g/mol. The van der Waals surface area contributed by atoms with Gasteiger partial charge in [0, 0.05) is 13.7 Å². The highest BCUT2D eigenvalue weighted by Crippen LogP contribution is 2.00. The van der Waals surface area contributed by atoms with E-state index in [1.54, 1.807) is 0 Å². The molecule has 0 aliphatic carbocycles. The van der Waals surface area contributed by atoms with Gasteiger partial charge in [-0.3, -0.25) is 4.79 Å². The predicted molar refractivity (Wildman–Crippen MR) is 53.7 cm³/mol. The molecule has 1 amide bonds. The molecule has 4 N–H and O–H groups in total. The van der Waals surface area contributed by atoms with Crippen LogP contribution in [0.1, 0.15) is 13.8 Å². The molecule has 0 heterocycles. The van der Waals surface area contributed by atoms with Gasteiger partial charge in [0.1, 0.15) is 0 Å². The maximum absolute atomic E-state index is 11.0. The summed E-state index contributed by atoms with van der Waals surface area (Å²) in [6, 6.07) is -0.401. The highest BCUT2D eigenvalue weighted by Gasteiger charge is 2.19. The van der Waals surface area contributed by atoms with E-state index in [1.807, 2.05) is 13.8 Å². The van der Waals surface area contributed by atoms with E-state index in [9.17, 15) is 9.90 Å². The van der Waals surface area contributed by atoms with E-state index in [0.717, 1.165) is 0 Å². The first-order valence-electron chi connectivity index (χ1n) is 4.68. The number of ether oxygens (including phenoxy) is 1. The third-order valence-corrected chi connectivity index (χ3v) is 1.91. The number of primary amides is 1. The predicted octanol–water partition coefficient (Wildman–Crippen LogP) is -0.907. The van der Waals surface area contributed by atoms with Crippen LogP contribution in [-0.4, -0.2) is 43.4 Å². The Morgan fingerprint density at radius 3 is 2.50 bits per heavy atom. The van der Waals surface area contributed by atoms with Crippen LogP contribution < -0.4 is 11.1 Å². The minimum absolute atomic E-state index is 0.113. The van der Waals surface area contributed by atoms with E-state index < -0.39 is 18.1 Å². The Balaban J connectivity index is 3.88. The van der Waals surface area contributed by atoms with Crippen molar-refractivity contribution in [1.29, 1.82) is 0 Å². The molecule has 2 unspecified atom stereocenters. The molecule has 0 rings (SSSR count). The number of amides is 1. The Labute approximate surface area is 84.6 Å². The highest BCUT2D eigenvalue weighted by molar-refractivity contribution is 5.80. The zero-order valence-electron chi connectivity index (χ0n) is 8.99. The van der Waals surface area contributed by atoms with Crippen LogP contribution in [-0.2, 0) is 9.53 Å². The van der Waals surface area contributed by atoms with Gasteiger partial charge in [-0.25, -0.2) is 0 Å². The van der Waals surface area contributed by atoms with Crippen molar-refractivity contribution in [3.63, 3.8) is 0 Å². The summed E-state index contributed by atoms with van der Waals surface area (Å²) in [6.45, 7) is 4.34. The van der Waals surface area contributed by atoms with Gasteiger partial charge in [0.05, 0.1) is 18.8 Å². The summed E-state index contributed by atoms with van der Waals surface area (Å²) in [7, 11) is 1.51. The van der Waals surface area contributed by atoms with Crippen molar-refractivity contribution in [1.82, 2.24) is 5.32 Å². The maximum atomic E-state index is 11.0. The second-order valence-electron chi connectivity index (χ2n) is 3.64. The second-order valence-corrected chi connectivity index (χ2v) is 3.64. The standard InChI is InChI=1S/C9H20N2O3/c1-6(2)8(9(10)13)11-4-7(12)5-14-3/h6-8,11-12H,4-5H2,1-3H3,(H2,10,13). The number of methoxy groups -OCH3 is 1. The number of carbonyl (C=O) groups excluding carboxylic acids is 1. The third-order valence-electron chi connectivity index (χ3n) is 1.91. The smallest absolute Gasteiger partial charge is 0.234 e. The van der Waals surface area contributed by atoms with Crippen LogP contribution in [0, 0.1) is 5.92 Å². The van der Waals surface area contributed by atoms with Crippen LogP contribution >= 0.6 is 0 Å². The molecule has 2 atom stereocenters. The van der Waals surface area contributed by atoms with Crippen molar-refractivity contribution in [2.24, 2.45) is 11.7 Å². The molecule has 84 valence electrons. The molecule has 0 aliphatic rings. The second kappa shape index (κ2) is 6.75. The zero-order chi connectivity index (χ0) is 11.1. The summed E-state index contributed by atoms with van der Waals surface area (Å²) in [5.41, 5.74) is 5.18. The van der Waals surface area contributed by atoms with Crippen molar-refractivity contribution >= 4 is 5.91 Å². The average Bonchev–Trinajstić information content (AvgIpc) is 2.03. The van der Waals surface area contributed by atoms with Crippen LogP contribution in [0.4, 0.5) is 0 Å². The van der Waals surface area contributed by atoms with Crippen LogP contribution in [0.5, 0.6) is 0 Å². The van der Waals surface area contributed by atoms with Gasteiger partial charge in [-0.2, -0.15) is 0 Å². The summed E-state index contributed by atoms with van der Waals surface area (Å²) >= 11 is 0. The van der Waals surface area contributed by atoms with Gasteiger partial charge in [-0.15, -0.1) is 0 Å². The fourth-order valence-electron chi connectivity index (χ4n) is 1.18. The number of hydrogen-bond donors (Lipinski definition) is 3. The lowest BCUT2D eigenvalue weighted by Crippen LogP contribution is -2.48. The lowest BCUT2D eigenvalue weighted by Gasteiger charge is -2.20. The zero-order valence-corrected chi connectivity index (χ0v) is 8.99. The molecule has 5 heteroatoms. The number of carbonyl (C=O) groups is 1. The first-order chi connectivity index (χ1) is 6.49. The summed E-state index contributed by atoms with van der Waals surface area (Å²) in [5, 5.41) is 12.2. The van der Waals surface area contributed by atoms with Gasteiger partial charge in [0.25, 0.3) is 0 Å². The van der Waals surface area contributed by atoms with E-state index in [1.165, 1.54) is 7.11 Å². The van der Waals surface area contributed by atoms with Gasteiger partial charge >= 0.3 is 0 Å². The summed E-state index contributed by atoms with van der Waals surface area (Å²) in [4.78, 5) is 11.0. The maximum Gasteiger partial charge on any atom is 0.234 e. The number of hydrogen-bond acceptors (Lipinski definition) is 4. The van der Waals surface area contributed by atoms with Crippen molar-refractivity contribution in [2.75, 3.05) is 20.3 Å². The minimum atomic E-state index is -0.611. The molecule has 0 fully saturated rings. The molecule has 0 bridgehead atoms. The molecular formula is C9H20N2O3. The molecule has 14 heavy (non-hydrogen) atoms. The Kier molecular flexibility index (Phi) is 6.44. The topological polar surface area (TPSA) is 84.6 Å². The lowest BCUT2D eigenvalue weighted by molar-refractivity contribution is -0.121. The van der Waals surface area contributed by atoms with Crippen molar-refractivity contribution in [3.8, 4) is 0 Å². The molecule has 0 aromatic carbocycles. The number of rotatable bonds is 7. The molecule has 0 spiro atoms. The van der Waals surface area contributed by atoms with Crippen molar-refractivity contribution in [3.05, 3.63) is 0 Å². The Morgan fingerprint density at radius 2 is 2.14 bits per heavy atom. The van der Waals surface area contributed by atoms with E-state index >= 15 is 0 Å². The van der Waals surface area contributed by atoms with E-state index in [-0.39, 0.29) is 12.5 Å². The Morgan fingerprint density at radius 1 is 1.57 bits per heavy atom. The van der Waals surface area contributed by atoms with Gasteiger partial charge in [-0.05, 0) is 5.92 Å². The van der Waals surface area contributed by atoms with Gasteiger partial charge < -0.3 is 20.9 Å². The summed E-state index contributed by atoms with van der Waals surface area (Å²) in [5.74, 6) is -0.285. The molecule has 0 saturated heterocycles. The normalized spacial score (nSPS) is 15.5. The first kappa shape index (κ1) is 13.4. The molecule has 0 saturated carbocycles. The van der Waals surface area contributed by atoms with E-state index in [0.29, 0.717) is 6.54 Å². The molecular weight excluding hydrogens is 184 g/mol. The van der Waals surface area contributed by atoms with Crippen LogP contribution in [0.15, 0.2) is 0 Å². The van der Waals surface area contributed by atoms with Crippen LogP contribution in [0.25, 0.3) is 0 Å². The number of nitrogens with two attached hydrogens (primary N) is 1.